The van der Waals surface area contributed by atoms with Crippen LogP contribution in [-0.2, 0) is 13.1 Å². The first-order valence-corrected chi connectivity index (χ1v) is 6.24. The summed E-state index contributed by atoms with van der Waals surface area (Å²) in [6.07, 6.45) is 3.28. The van der Waals surface area contributed by atoms with Crippen molar-refractivity contribution in [3.05, 3.63) is 35.7 Å². The summed E-state index contributed by atoms with van der Waals surface area (Å²) >= 11 is 0. The van der Waals surface area contributed by atoms with Gasteiger partial charge in [0.25, 0.3) is 0 Å². The van der Waals surface area contributed by atoms with Gasteiger partial charge in [0.05, 0.1) is 6.54 Å². The Morgan fingerprint density at radius 2 is 2.21 bits per heavy atom. The van der Waals surface area contributed by atoms with E-state index in [1.807, 2.05) is 4.68 Å². The summed E-state index contributed by atoms with van der Waals surface area (Å²) in [5, 5.41) is 13.4. The topological polar surface area (TPSA) is 72.9 Å². The molecule has 0 bridgehead atoms. The number of carboxylic acids is 1. The Labute approximate surface area is 111 Å². The van der Waals surface area contributed by atoms with Crippen LogP contribution in [0.15, 0.2) is 18.6 Å². The third kappa shape index (κ3) is 2.83. The number of rotatable bonds is 5. The molecule has 0 atom stereocenters. The summed E-state index contributed by atoms with van der Waals surface area (Å²) in [5.41, 5.74) is 1.06. The van der Waals surface area contributed by atoms with Gasteiger partial charge < -0.3 is 9.67 Å². The molecule has 19 heavy (non-hydrogen) atoms. The van der Waals surface area contributed by atoms with Crippen molar-refractivity contribution in [2.75, 3.05) is 0 Å². The number of nitrogens with zero attached hydrogens (tertiary/aromatic N) is 4. The molecule has 0 aliphatic carbocycles. The fourth-order valence-corrected chi connectivity index (χ4v) is 2.07. The van der Waals surface area contributed by atoms with Gasteiger partial charge in [0.1, 0.15) is 17.8 Å². The molecular formula is C13H18N4O2. The Balaban J connectivity index is 2.27. The van der Waals surface area contributed by atoms with E-state index in [0.29, 0.717) is 18.2 Å². The van der Waals surface area contributed by atoms with Gasteiger partial charge in [-0.25, -0.2) is 14.5 Å². The predicted molar refractivity (Wildman–Crippen MR) is 70.1 cm³/mol. The van der Waals surface area contributed by atoms with Crippen LogP contribution in [-0.4, -0.2) is 30.4 Å². The second kappa shape index (κ2) is 5.26. The summed E-state index contributed by atoms with van der Waals surface area (Å²) in [6.45, 7) is 7.20. The van der Waals surface area contributed by atoms with E-state index in [1.165, 1.54) is 6.33 Å². The van der Waals surface area contributed by atoms with Crippen molar-refractivity contribution in [1.82, 2.24) is 19.3 Å². The molecule has 2 aromatic rings. The number of aromatic nitrogens is 4. The third-order valence-corrected chi connectivity index (χ3v) is 2.91. The maximum absolute atomic E-state index is 11.2. The normalized spacial score (nSPS) is 11.2. The monoisotopic (exact) mass is 262 g/mol. The summed E-state index contributed by atoms with van der Waals surface area (Å²) < 4.78 is 3.52. The minimum Gasteiger partial charge on any atom is -0.477 e. The maximum Gasteiger partial charge on any atom is 0.352 e. The molecule has 0 aliphatic rings. The first-order chi connectivity index (χ1) is 8.99. The Kier molecular flexibility index (Phi) is 3.69. The molecule has 0 radical (unpaired) electrons. The molecule has 2 heterocycles. The summed E-state index contributed by atoms with van der Waals surface area (Å²) in [4.78, 5) is 15.4. The molecule has 102 valence electrons. The number of carboxylic acid groups (broad SMARTS) is 1. The van der Waals surface area contributed by atoms with E-state index >= 15 is 0 Å². The average molecular weight is 262 g/mol. The van der Waals surface area contributed by atoms with E-state index in [1.54, 1.807) is 23.8 Å². The zero-order valence-electron chi connectivity index (χ0n) is 11.4. The molecule has 2 aromatic heterocycles. The Morgan fingerprint density at radius 3 is 2.84 bits per heavy atom. The van der Waals surface area contributed by atoms with Gasteiger partial charge in [-0.05, 0) is 24.5 Å². The van der Waals surface area contributed by atoms with Crippen LogP contribution in [0, 0.1) is 12.8 Å². The van der Waals surface area contributed by atoms with E-state index < -0.39 is 5.97 Å². The zero-order valence-corrected chi connectivity index (χ0v) is 11.4. The van der Waals surface area contributed by atoms with Crippen LogP contribution in [0.25, 0.3) is 0 Å². The lowest BCUT2D eigenvalue weighted by Crippen LogP contribution is -2.16. The Bertz CT molecular complexity index is 583. The van der Waals surface area contributed by atoms with Gasteiger partial charge in [-0.3, -0.25) is 0 Å². The molecule has 6 nitrogen and oxygen atoms in total. The van der Waals surface area contributed by atoms with Crippen molar-refractivity contribution < 1.29 is 9.90 Å². The summed E-state index contributed by atoms with van der Waals surface area (Å²) in [6, 6.07) is 1.80. The van der Waals surface area contributed by atoms with Crippen molar-refractivity contribution in [3.63, 3.8) is 0 Å². The van der Waals surface area contributed by atoms with Crippen molar-refractivity contribution >= 4 is 5.97 Å². The fraction of sp³-hybridized carbons (Fsp3) is 0.462. The van der Waals surface area contributed by atoms with Crippen LogP contribution in [0.5, 0.6) is 0 Å². The number of hydrogen-bond donors (Lipinski definition) is 1. The third-order valence-electron chi connectivity index (χ3n) is 2.91. The molecule has 0 aliphatic heterocycles. The second-order valence-corrected chi connectivity index (χ2v) is 5.03. The lowest BCUT2D eigenvalue weighted by Gasteiger charge is -2.10. The van der Waals surface area contributed by atoms with Crippen LogP contribution >= 0.6 is 0 Å². The maximum atomic E-state index is 11.2. The summed E-state index contributed by atoms with van der Waals surface area (Å²) in [5.74, 6) is 0.315. The number of aryl methyl sites for hydroxylation is 1. The number of carbonyl (C=O) groups is 1. The highest BCUT2D eigenvalue weighted by Crippen LogP contribution is 2.12. The van der Waals surface area contributed by atoms with Crippen LogP contribution in [0.4, 0.5) is 0 Å². The largest absolute Gasteiger partial charge is 0.477 e. The molecule has 6 heteroatoms. The minimum atomic E-state index is -0.919. The molecule has 0 aromatic carbocycles. The average Bonchev–Trinajstić information content (AvgIpc) is 2.86. The van der Waals surface area contributed by atoms with Gasteiger partial charge in [0.15, 0.2) is 0 Å². The quantitative estimate of drug-likeness (QED) is 0.891. The molecule has 0 spiro atoms. The highest BCUT2D eigenvalue weighted by molar-refractivity contribution is 5.87. The van der Waals surface area contributed by atoms with Crippen molar-refractivity contribution in [2.45, 2.75) is 33.9 Å². The van der Waals surface area contributed by atoms with Gasteiger partial charge in [-0.1, -0.05) is 13.8 Å². The molecular weight excluding hydrogens is 244 g/mol. The first kappa shape index (κ1) is 13.3. The Hall–Kier alpha value is -2.11. The molecule has 0 unspecified atom stereocenters. The first-order valence-electron chi connectivity index (χ1n) is 6.24. The smallest absolute Gasteiger partial charge is 0.352 e. The lowest BCUT2D eigenvalue weighted by molar-refractivity contribution is 0.0684. The fourth-order valence-electron chi connectivity index (χ4n) is 2.07. The van der Waals surface area contributed by atoms with E-state index in [4.69, 9.17) is 0 Å². The van der Waals surface area contributed by atoms with Crippen LogP contribution in [0.2, 0.25) is 0 Å². The minimum absolute atomic E-state index is 0.305. The number of hydrogen-bond acceptors (Lipinski definition) is 3. The van der Waals surface area contributed by atoms with E-state index in [-0.39, 0.29) is 0 Å². The van der Waals surface area contributed by atoms with Gasteiger partial charge in [0.2, 0.25) is 0 Å². The van der Waals surface area contributed by atoms with Crippen molar-refractivity contribution in [1.29, 1.82) is 0 Å². The molecule has 0 saturated carbocycles. The molecule has 0 amide bonds. The second-order valence-electron chi connectivity index (χ2n) is 5.03. The van der Waals surface area contributed by atoms with Crippen LogP contribution < -0.4 is 0 Å². The highest BCUT2D eigenvalue weighted by atomic mass is 16.4. The van der Waals surface area contributed by atoms with E-state index in [9.17, 15) is 9.90 Å². The predicted octanol–water partition coefficient (Wildman–Crippen LogP) is 1.79. The van der Waals surface area contributed by atoms with E-state index in [0.717, 1.165) is 17.9 Å². The zero-order chi connectivity index (χ0) is 14.0. The Morgan fingerprint density at radius 1 is 1.47 bits per heavy atom. The van der Waals surface area contributed by atoms with Gasteiger partial charge in [-0.15, -0.1) is 0 Å². The van der Waals surface area contributed by atoms with Crippen LogP contribution in [0.1, 0.15) is 35.7 Å². The van der Waals surface area contributed by atoms with Crippen LogP contribution in [0.3, 0.4) is 0 Å². The summed E-state index contributed by atoms with van der Waals surface area (Å²) in [7, 11) is 0. The van der Waals surface area contributed by atoms with Gasteiger partial charge in [0, 0.05) is 12.7 Å². The molecule has 0 saturated heterocycles. The standard InChI is InChI=1S/C13H18N4O2/c1-9(2)6-17-11(14-8-15-17)7-16-5-4-10(3)12(16)13(18)19/h4-5,8-9H,6-7H2,1-3H3,(H,18,19). The lowest BCUT2D eigenvalue weighted by atomic mass is 10.2. The molecule has 0 fully saturated rings. The van der Waals surface area contributed by atoms with Crippen molar-refractivity contribution in [2.24, 2.45) is 5.92 Å². The van der Waals surface area contributed by atoms with Gasteiger partial charge >= 0.3 is 5.97 Å². The highest BCUT2D eigenvalue weighted by Gasteiger charge is 2.15. The molecule has 2 rings (SSSR count). The SMILES string of the molecule is Cc1ccn(Cc2ncnn2CC(C)C)c1C(=O)O. The van der Waals surface area contributed by atoms with Crippen molar-refractivity contribution in [3.8, 4) is 0 Å². The van der Waals surface area contributed by atoms with Gasteiger partial charge in [-0.2, -0.15) is 5.10 Å². The number of aromatic carboxylic acids is 1. The van der Waals surface area contributed by atoms with E-state index in [2.05, 4.69) is 23.9 Å². The molecule has 1 N–H and O–H groups in total.